The molecular formula is C24H46CaOS. The summed E-state index contributed by atoms with van der Waals surface area (Å²) in [6.45, 7) is 4.58. The van der Waals surface area contributed by atoms with Gasteiger partial charge in [-0.15, -0.1) is 0 Å². The van der Waals surface area contributed by atoms with E-state index in [1.54, 1.807) is 24.3 Å². The van der Waals surface area contributed by atoms with Gasteiger partial charge in [-0.05, 0) is 36.5 Å². The van der Waals surface area contributed by atoms with Gasteiger partial charge in [0.05, 0.1) is 0 Å². The van der Waals surface area contributed by atoms with Crippen molar-refractivity contribution in [3.8, 4) is 5.75 Å². The van der Waals surface area contributed by atoms with Crippen molar-refractivity contribution in [1.29, 1.82) is 0 Å². The zero-order valence-electron chi connectivity index (χ0n) is 20.3. The Morgan fingerprint density at radius 2 is 1.00 bits per heavy atom. The maximum atomic E-state index is 8.63. The molecule has 156 valence electrons. The molecule has 0 aromatic heterocycles. The summed E-state index contributed by atoms with van der Waals surface area (Å²) >= 11 is 2.19. The van der Waals surface area contributed by atoms with Crippen LogP contribution in [0.1, 0.15) is 107 Å². The molecule has 1 N–H and O–H groups in total. The Balaban J connectivity index is -0.000000265. The third-order valence-corrected chi connectivity index (χ3v) is 5.70. The monoisotopic (exact) mass is 422 g/mol. The summed E-state index contributed by atoms with van der Waals surface area (Å²) in [4.78, 5) is 0. The number of unbranched alkanes of at least 4 members (excludes halogenated alkanes) is 12. The van der Waals surface area contributed by atoms with Crippen molar-refractivity contribution in [3.05, 3.63) is 30.3 Å². The third kappa shape index (κ3) is 26.6. The van der Waals surface area contributed by atoms with Gasteiger partial charge in [0.25, 0.3) is 0 Å². The van der Waals surface area contributed by atoms with E-state index in [0.717, 1.165) is 0 Å². The van der Waals surface area contributed by atoms with E-state index < -0.39 is 0 Å². The van der Waals surface area contributed by atoms with Crippen LogP contribution in [0.5, 0.6) is 5.75 Å². The zero-order valence-corrected chi connectivity index (χ0v) is 21.3. The van der Waals surface area contributed by atoms with Gasteiger partial charge in [-0.25, -0.2) is 0 Å². The van der Waals surface area contributed by atoms with Crippen LogP contribution in [0.4, 0.5) is 0 Å². The average Bonchev–Trinajstić information content (AvgIpc) is 2.66. The van der Waals surface area contributed by atoms with Crippen molar-refractivity contribution >= 4 is 49.5 Å². The number of para-hydroxylation sites is 1. The van der Waals surface area contributed by atoms with E-state index in [9.17, 15) is 0 Å². The van der Waals surface area contributed by atoms with Crippen LogP contribution in [0.2, 0.25) is 0 Å². The second-order valence-electron chi connectivity index (χ2n) is 7.19. The summed E-state index contributed by atoms with van der Waals surface area (Å²) in [5, 5.41) is 8.63. The molecule has 0 aliphatic heterocycles. The second-order valence-corrected chi connectivity index (χ2v) is 8.42. The van der Waals surface area contributed by atoms with Crippen molar-refractivity contribution in [2.45, 2.75) is 104 Å². The Morgan fingerprint density at radius 1 is 0.630 bits per heavy atom. The van der Waals surface area contributed by atoms with E-state index in [1.807, 2.05) is 6.07 Å². The molecule has 1 nitrogen and oxygen atoms in total. The van der Waals surface area contributed by atoms with E-state index in [4.69, 9.17) is 5.11 Å². The molecule has 0 fully saturated rings. The Hall–Kier alpha value is 0.630. The normalized spacial score (nSPS) is 10.0. The first-order valence-electron chi connectivity index (χ1n) is 11.1. The van der Waals surface area contributed by atoms with E-state index in [0.29, 0.717) is 5.75 Å². The van der Waals surface area contributed by atoms with E-state index in [-0.39, 0.29) is 40.6 Å². The minimum absolute atomic E-state index is 0. The molecule has 0 bridgehead atoms. The molecule has 0 aliphatic rings. The fourth-order valence-corrected chi connectivity index (χ4v) is 3.87. The van der Waals surface area contributed by atoms with Crippen LogP contribution in [0.15, 0.2) is 30.3 Å². The maximum absolute atomic E-state index is 8.63. The standard InChI is InChI=1S/C18H38S.C6H6O.Ca.2H/c1-3-5-7-9-11-13-15-17-19-18-16-14-12-10-8-6-4-2;7-6-4-2-1-3-5-6;;;/h3-18H2,1-2H3;1-5,7H;;;/q;;+2;2*-1. The molecule has 0 radical (unpaired) electrons. The number of thioether (sulfide) groups is 1. The van der Waals surface area contributed by atoms with Gasteiger partial charge in [0, 0.05) is 0 Å². The summed E-state index contributed by atoms with van der Waals surface area (Å²) in [6, 6.07) is 8.71. The maximum Gasteiger partial charge on any atom is 2.00 e. The van der Waals surface area contributed by atoms with Crippen LogP contribution in [0.25, 0.3) is 0 Å². The molecule has 0 unspecified atom stereocenters. The number of aromatic hydroxyl groups is 1. The molecule has 1 aromatic rings. The third-order valence-electron chi connectivity index (χ3n) is 4.54. The second kappa shape index (κ2) is 26.6. The number of rotatable bonds is 16. The zero-order chi connectivity index (χ0) is 19.1. The number of phenolic OH excluding ortho intramolecular Hbond substituents is 1. The van der Waals surface area contributed by atoms with Gasteiger partial charge in [0.1, 0.15) is 5.75 Å². The van der Waals surface area contributed by atoms with Crippen LogP contribution in [0.3, 0.4) is 0 Å². The van der Waals surface area contributed by atoms with Crippen molar-refractivity contribution in [2.75, 3.05) is 11.5 Å². The molecule has 0 amide bonds. The first-order valence-corrected chi connectivity index (χ1v) is 12.3. The minimum atomic E-state index is 0. The van der Waals surface area contributed by atoms with Crippen molar-refractivity contribution in [1.82, 2.24) is 0 Å². The smallest absolute Gasteiger partial charge is 1.00 e. The van der Waals surface area contributed by atoms with Gasteiger partial charge >= 0.3 is 37.7 Å². The molecule has 1 rings (SSSR count). The van der Waals surface area contributed by atoms with E-state index in [2.05, 4.69) is 25.6 Å². The van der Waals surface area contributed by atoms with Crippen LogP contribution in [-0.4, -0.2) is 54.4 Å². The molecule has 3 heteroatoms. The quantitative estimate of drug-likeness (QED) is 0.213. The Labute approximate surface area is 207 Å². The van der Waals surface area contributed by atoms with Crippen molar-refractivity contribution in [3.63, 3.8) is 0 Å². The minimum Gasteiger partial charge on any atom is -1.00 e. The van der Waals surface area contributed by atoms with Gasteiger partial charge in [-0.1, -0.05) is 109 Å². The number of phenols is 1. The van der Waals surface area contributed by atoms with Gasteiger partial charge in [-0.3, -0.25) is 0 Å². The average molecular weight is 423 g/mol. The largest absolute Gasteiger partial charge is 2.00 e. The Morgan fingerprint density at radius 3 is 1.33 bits per heavy atom. The fourth-order valence-electron chi connectivity index (χ4n) is 2.85. The van der Waals surface area contributed by atoms with Gasteiger partial charge < -0.3 is 7.96 Å². The van der Waals surface area contributed by atoms with Gasteiger partial charge in [-0.2, -0.15) is 11.8 Å². The van der Waals surface area contributed by atoms with E-state index in [1.165, 1.54) is 101 Å². The molecule has 0 saturated heterocycles. The first-order chi connectivity index (χ1) is 12.8. The number of hydrogen-bond acceptors (Lipinski definition) is 2. The van der Waals surface area contributed by atoms with Crippen LogP contribution in [-0.2, 0) is 0 Å². The molecule has 27 heavy (non-hydrogen) atoms. The van der Waals surface area contributed by atoms with Crippen LogP contribution < -0.4 is 0 Å². The van der Waals surface area contributed by atoms with Crippen molar-refractivity contribution < 1.29 is 7.96 Å². The molecule has 0 saturated carbocycles. The van der Waals surface area contributed by atoms with E-state index >= 15 is 0 Å². The molecule has 0 aliphatic carbocycles. The predicted octanol–water partition coefficient (Wildman–Crippen LogP) is 8.46. The summed E-state index contributed by atoms with van der Waals surface area (Å²) < 4.78 is 0. The van der Waals surface area contributed by atoms with Crippen LogP contribution >= 0.6 is 11.8 Å². The molecule has 0 atom stereocenters. The molecule has 1 aromatic carbocycles. The SMILES string of the molecule is CCCCCCCCCSCCCCCCCCC.Oc1ccccc1.[Ca+2].[H-].[H-]. The fraction of sp³-hybridized carbons (Fsp3) is 0.750. The summed E-state index contributed by atoms with van der Waals surface area (Å²) in [5.41, 5.74) is 0. The predicted molar refractivity (Wildman–Crippen MR) is 129 cm³/mol. The number of benzene rings is 1. The van der Waals surface area contributed by atoms with Crippen LogP contribution in [0, 0.1) is 0 Å². The van der Waals surface area contributed by atoms with Crippen molar-refractivity contribution in [2.24, 2.45) is 0 Å². The Kier molecular flexibility index (Phi) is 29.4. The first kappa shape index (κ1) is 29.8. The van der Waals surface area contributed by atoms with Gasteiger partial charge in [0.2, 0.25) is 0 Å². The summed E-state index contributed by atoms with van der Waals surface area (Å²) in [7, 11) is 0. The molecule has 0 heterocycles. The summed E-state index contributed by atoms with van der Waals surface area (Å²) in [5.74, 6) is 3.13. The molecular weight excluding hydrogens is 376 g/mol. The number of hydrogen-bond donors (Lipinski definition) is 1. The molecule has 0 spiro atoms. The Bertz CT molecular complexity index is 353. The van der Waals surface area contributed by atoms with Gasteiger partial charge in [0.15, 0.2) is 0 Å². The summed E-state index contributed by atoms with van der Waals surface area (Å²) in [6.07, 6.45) is 20.2. The topological polar surface area (TPSA) is 20.2 Å².